The molecule has 0 bridgehead atoms. The molecule has 1 atom stereocenters. The Kier molecular flexibility index (Phi) is 5.77. The molecule has 138 valence electrons. The van der Waals surface area contributed by atoms with E-state index in [1.165, 1.54) is 0 Å². The summed E-state index contributed by atoms with van der Waals surface area (Å²) in [4.78, 5) is 12.3. The van der Waals surface area contributed by atoms with Crippen LogP contribution in [0.2, 0.25) is 0 Å². The van der Waals surface area contributed by atoms with Crippen LogP contribution in [0, 0.1) is 0 Å². The number of nitrogens with one attached hydrogen (secondary N) is 1. The molecular weight excluding hydrogens is 346 g/mol. The van der Waals surface area contributed by atoms with E-state index in [1.54, 1.807) is 18.9 Å². The van der Waals surface area contributed by atoms with Gasteiger partial charge in [-0.05, 0) is 37.6 Å². The van der Waals surface area contributed by atoms with Gasteiger partial charge in [0, 0.05) is 23.8 Å². The topological polar surface area (TPSA) is 47.6 Å². The number of rotatable bonds is 6. The summed E-state index contributed by atoms with van der Waals surface area (Å²) in [5, 5.41) is 3.19. The van der Waals surface area contributed by atoms with Crippen LogP contribution in [0.4, 0.5) is 0 Å². The molecule has 2 aromatic rings. The highest BCUT2D eigenvalue weighted by Crippen LogP contribution is 2.47. The zero-order valence-electron chi connectivity index (χ0n) is 15.5. The first-order valence-corrected chi connectivity index (χ1v) is 9.81. The number of fused-ring (bicyclic) bond motifs is 1. The second kappa shape index (κ2) is 8.04. The van der Waals surface area contributed by atoms with Crippen LogP contribution in [0.1, 0.15) is 36.6 Å². The predicted octanol–water partition coefficient (Wildman–Crippen LogP) is 4.35. The Morgan fingerprint density at radius 2 is 2.04 bits per heavy atom. The van der Waals surface area contributed by atoms with Crippen molar-refractivity contribution in [1.29, 1.82) is 0 Å². The van der Waals surface area contributed by atoms with E-state index in [-0.39, 0.29) is 16.8 Å². The molecular formula is C21H25NO3S. The van der Waals surface area contributed by atoms with E-state index in [0.717, 1.165) is 29.0 Å². The number of hydrogen-bond donors (Lipinski definition) is 1. The Balaban J connectivity index is 1.62. The summed E-state index contributed by atoms with van der Waals surface area (Å²) >= 11 is 1.66. The molecule has 0 fully saturated rings. The highest BCUT2D eigenvalue weighted by molar-refractivity contribution is 8.00. The third kappa shape index (κ3) is 4.73. The Morgan fingerprint density at radius 3 is 2.77 bits per heavy atom. The largest absolute Gasteiger partial charge is 0.497 e. The molecule has 0 saturated heterocycles. The van der Waals surface area contributed by atoms with Gasteiger partial charge < -0.3 is 14.8 Å². The minimum absolute atomic E-state index is 0.0487. The minimum atomic E-state index is -0.250. The lowest BCUT2D eigenvalue weighted by atomic mass is 9.93. The third-order valence-electron chi connectivity index (χ3n) is 4.38. The van der Waals surface area contributed by atoms with Crippen molar-refractivity contribution in [2.75, 3.05) is 12.9 Å². The number of carbonyl (C=O) groups is 1. The molecule has 5 heteroatoms. The van der Waals surface area contributed by atoms with Gasteiger partial charge in [0.05, 0.1) is 12.9 Å². The number of thioether (sulfide) groups is 1. The summed E-state index contributed by atoms with van der Waals surface area (Å²) < 4.78 is 11.4. The maximum atomic E-state index is 12.3. The molecule has 1 heterocycles. The van der Waals surface area contributed by atoms with Crippen LogP contribution in [0.3, 0.4) is 0 Å². The summed E-state index contributed by atoms with van der Waals surface area (Å²) in [5.74, 6) is 2.16. The van der Waals surface area contributed by atoms with Gasteiger partial charge in [-0.2, -0.15) is 0 Å². The number of hydrogen-bond acceptors (Lipinski definition) is 4. The summed E-state index contributed by atoms with van der Waals surface area (Å²) in [6.45, 7) is 4.73. The molecule has 1 amide bonds. The highest BCUT2D eigenvalue weighted by Gasteiger charge is 2.34. The number of amides is 1. The Bertz CT molecular complexity index is 761. The molecule has 0 aromatic heterocycles. The van der Waals surface area contributed by atoms with Crippen LogP contribution in [-0.4, -0.2) is 24.4 Å². The molecule has 26 heavy (non-hydrogen) atoms. The average Bonchev–Trinajstić information content (AvgIpc) is 2.64. The van der Waals surface area contributed by atoms with Gasteiger partial charge in [-0.25, -0.2) is 0 Å². The Morgan fingerprint density at radius 1 is 1.27 bits per heavy atom. The van der Waals surface area contributed by atoms with E-state index in [1.807, 2.05) is 48.5 Å². The molecule has 0 spiro atoms. The first kappa shape index (κ1) is 18.6. The number of ether oxygens (including phenoxy) is 2. The van der Waals surface area contributed by atoms with Gasteiger partial charge in [0.25, 0.3) is 0 Å². The van der Waals surface area contributed by atoms with Crippen LogP contribution >= 0.6 is 11.8 Å². The van der Waals surface area contributed by atoms with Crippen molar-refractivity contribution in [2.24, 2.45) is 0 Å². The normalized spacial score (nSPS) is 17.7. The van der Waals surface area contributed by atoms with Crippen LogP contribution in [0.15, 0.2) is 48.5 Å². The fraction of sp³-hybridized carbons (Fsp3) is 0.381. The van der Waals surface area contributed by atoms with Gasteiger partial charge in [-0.15, -0.1) is 11.8 Å². The standard InChI is InChI=1S/C21H25NO3S/c1-21(2)12-19(17-11-16(24-3)9-10-18(17)25-21)26-14-20(23)22-13-15-7-5-4-6-8-15/h4-11,19H,12-14H2,1-3H3,(H,22,23)/t19-/m1/s1. The van der Waals surface area contributed by atoms with Crippen LogP contribution in [0.25, 0.3) is 0 Å². The van der Waals surface area contributed by atoms with Gasteiger partial charge in [0.2, 0.25) is 5.91 Å². The Labute approximate surface area is 159 Å². The number of carbonyl (C=O) groups excluding carboxylic acids is 1. The molecule has 0 unspecified atom stereocenters. The van der Waals surface area contributed by atoms with E-state index in [0.29, 0.717) is 12.3 Å². The van der Waals surface area contributed by atoms with Gasteiger partial charge in [0.1, 0.15) is 17.1 Å². The van der Waals surface area contributed by atoms with E-state index in [2.05, 4.69) is 19.2 Å². The highest BCUT2D eigenvalue weighted by atomic mass is 32.2. The molecule has 0 aliphatic carbocycles. The lowest BCUT2D eigenvalue weighted by molar-refractivity contribution is -0.118. The molecule has 1 aliphatic rings. The van der Waals surface area contributed by atoms with Gasteiger partial charge in [-0.3, -0.25) is 4.79 Å². The smallest absolute Gasteiger partial charge is 0.230 e. The first-order valence-electron chi connectivity index (χ1n) is 8.76. The van der Waals surface area contributed by atoms with E-state index >= 15 is 0 Å². The average molecular weight is 372 g/mol. The lowest BCUT2D eigenvalue weighted by Crippen LogP contribution is -2.34. The number of methoxy groups -OCH3 is 1. The van der Waals surface area contributed by atoms with Crippen molar-refractivity contribution < 1.29 is 14.3 Å². The van der Waals surface area contributed by atoms with Crippen molar-refractivity contribution >= 4 is 17.7 Å². The molecule has 4 nitrogen and oxygen atoms in total. The predicted molar refractivity (Wildman–Crippen MR) is 106 cm³/mol. The maximum Gasteiger partial charge on any atom is 0.230 e. The molecule has 1 N–H and O–H groups in total. The Hall–Kier alpha value is -2.14. The lowest BCUT2D eigenvalue weighted by Gasteiger charge is -2.37. The zero-order valence-corrected chi connectivity index (χ0v) is 16.3. The quantitative estimate of drug-likeness (QED) is 0.820. The monoisotopic (exact) mass is 371 g/mol. The van der Waals surface area contributed by atoms with Gasteiger partial charge >= 0.3 is 0 Å². The molecule has 3 rings (SSSR count). The van der Waals surface area contributed by atoms with Gasteiger partial charge in [0.15, 0.2) is 0 Å². The van der Waals surface area contributed by atoms with E-state index < -0.39 is 0 Å². The summed E-state index contributed by atoms with van der Waals surface area (Å²) in [6, 6.07) is 15.8. The molecule has 0 saturated carbocycles. The zero-order chi connectivity index (χ0) is 18.6. The maximum absolute atomic E-state index is 12.3. The van der Waals surface area contributed by atoms with Crippen LogP contribution < -0.4 is 14.8 Å². The third-order valence-corrected chi connectivity index (χ3v) is 5.63. The van der Waals surface area contributed by atoms with Crippen molar-refractivity contribution in [1.82, 2.24) is 5.32 Å². The molecule has 0 radical (unpaired) electrons. The minimum Gasteiger partial charge on any atom is -0.497 e. The molecule has 2 aromatic carbocycles. The fourth-order valence-electron chi connectivity index (χ4n) is 3.07. The van der Waals surface area contributed by atoms with Crippen molar-refractivity contribution in [2.45, 2.75) is 37.7 Å². The first-order chi connectivity index (χ1) is 12.5. The van der Waals surface area contributed by atoms with E-state index in [9.17, 15) is 4.79 Å². The van der Waals surface area contributed by atoms with Crippen molar-refractivity contribution in [3.8, 4) is 11.5 Å². The summed E-state index contributed by atoms with van der Waals surface area (Å²) in [5.41, 5.74) is 1.96. The van der Waals surface area contributed by atoms with E-state index in [4.69, 9.17) is 9.47 Å². The number of benzene rings is 2. The van der Waals surface area contributed by atoms with Crippen molar-refractivity contribution in [3.05, 3.63) is 59.7 Å². The fourth-order valence-corrected chi connectivity index (χ4v) is 4.40. The summed E-state index contributed by atoms with van der Waals surface area (Å²) in [6.07, 6.45) is 0.851. The van der Waals surface area contributed by atoms with Crippen LogP contribution in [-0.2, 0) is 11.3 Å². The second-order valence-electron chi connectivity index (χ2n) is 7.03. The van der Waals surface area contributed by atoms with Crippen molar-refractivity contribution in [3.63, 3.8) is 0 Å². The van der Waals surface area contributed by atoms with Crippen LogP contribution in [0.5, 0.6) is 11.5 Å². The summed E-state index contributed by atoms with van der Waals surface area (Å²) in [7, 11) is 1.66. The SMILES string of the molecule is COc1ccc2c(c1)[C@H](SCC(=O)NCc1ccccc1)CC(C)(C)O2. The molecule has 1 aliphatic heterocycles. The second-order valence-corrected chi connectivity index (χ2v) is 8.22. The van der Waals surface area contributed by atoms with Gasteiger partial charge in [-0.1, -0.05) is 30.3 Å².